The molecule has 2 aromatic carbocycles. The van der Waals surface area contributed by atoms with E-state index < -0.39 is 0 Å². The molecule has 0 heterocycles. The molecule has 0 aliphatic rings. The normalized spacial score (nSPS) is 11.8. The lowest BCUT2D eigenvalue weighted by atomic mass is 10.0. The molecule has 0 N–H and O–H groups in total. The minimum Gasteiger partial charge on any atom is -0.290 e. The first-order valence-corrected chi connectivity index (χ1v) is 7.78. The van der Waals surface area contributed by atoms with Crippen LogP contribution in [0.1, 0.15) is 31.9 Å². The highest BCUT2D eigenvalue weighted by Crippen LogP contribution is 2.24. The smallest absolute Gasteiger partial charge is 0.0253 e. The van der Waals surface area contributed by atoms with E-state index in [1.54, 1.807) is 0 Å². The van der Waals surface area contributed by atoms with Crippen LogP contribution < -0.4 is 0 Å². The molecule has 20 heavy (non-hydrogen) atoms. The Balaban J connectivity index is 2.19. The largest absolute Gasteiger partial charge is 0.290 e. The third-order valence-corrected chi connectivity index (χ3v) is 4.26. The molecule has 106 valence electrons. The highest BCUT2D eigenvalue weighted by atomic mass is 79.9. The predicted molar refractivity (Wildman–Crippen MR) is 89.6 cm³/mol. The maximum atomic E-state index is 3.65. The fourth-order valence-electron chi connectivity index (χ4n) is 2.17. The third-order valence-electron chi connectivity index (χ3n) is 3.48. The third kappa shape index (κ3) is 4.19. The highest BCUT2D eigenvalue weighted by Gasteiger charge is 2.22. The van der Waals surface area contributed by atoms with Crippen LogP contribution in [0.4, 0.5) is 0 Å². The van der Waals surface area contributed by atoms with E-state index >= 15 is 0 Å². The highest BCUT2D eigenvalue weighted by molar-refractivity contribution is 9.10. The summed E-state index contributed by atoms with van der Waals surface area (Å²) >= 11 is 3.65. The molecule has 0 spiro atoms. The number of benzene rings is 2. The van der Waals surface area contributed by atoms with Gasteiger partial charge in [-0.3, -0.25) is 4.90 Å². The van der Waals surface area contributed by atoms with Crippen LogP contribution in [0.15, 0.2) is 59.1 Å². The Hall–Kier alpha value is -1.12. The molecule has 0 atom stereocenters. The molecule has 0 bridgehead atoms. The predicted octanol–water partition coefficient (Wildman–Crippen LogP) is 5.25. The van der Waals surface area contributed by atoms with Crippen LogP contribution in [0, 0.1) is 0 Å². The zero-order valence-electron chi connectivity index (χ0n) is 12.4. The lowest BCUT2D eigenvalue weighted by molar-refractivity contribution is 0.118. The second-order valence-electron chi connectivity index (χ2n) is 6.10. The van der Waals surface area contributed by atoms with E-state index in [0.29, 0.717) is 0 Å². The van der Waals surface area contributed by atoms with Gasteiger partial charge in [0.05, 0.1) is 0 Å². The van der Waals surface area contributed by atoms with Gasteiger partial charge in [-0.25, -0.2) is 0 Å². The van der Waals surface area contributed by atoms with Gasteiger partial charge in [0, 0.05) is 23.1 Å². The molecule has 2 heteroatoms. The number of halogens is 1. The molecule has 0 unspecified atom stereocenters. The molecule has 0 saturated heterocycles. The SMILES string of the molecule is CC(C)(C)N(Cc1ccccc1)Cc1ccccc1Br. The van der Waals surface area contributed by atoms with Gasteiger partial charge in [0.1, 0.15) is 0 Å². The van der Waals surface area contributed by atoms with E-state index in [-0.39, 0.29) is 5.54 Å². The summed E-state index contributed by atoms with van der Waals surface area (Å²) in [5, 5.41) is 0. The molecule has 2 aromatic rings. The van der Waals surface area contributed by atoms with Crippen molar-refractivity contribution in [1.82, 2.24) is 4.90 Å². The van der Waals surface area contributed by atoms with Crippen molar-refractivity contribution in [1.29, 1.82) is 0 Å². The minimum atomic E-state index is 0.130. The van der Waals surface area contributed by atoms with Gasteiger partial charge in [0.25, 0.3) is 0 Å². The van der Waals surface area contributed by atoms with Crippen molar-refractivity contribution in [2.24, 2.45) is 0 Å². The molecule has 1 nitrogen and oxygen atoms in total. The molecule has 0 amide bonds. The van der Waals surface area contributed by atoms with Gasteiger partial charge in [-0.2, -0.15) is 0 Å². The van der Waals surface area contributed by atoms with E-state index in [9.17, 15) is 0 Å². The van der Waals surface area contributed by atoms with Crippen molar-refractivity contribution in [2.45, 2.75) is 39.4 Å². The molecule has 2 rings (SSSR count). The van der Waals surface area contributed by atoms with Crippen LogP contribution in [-0.2, 0) is 13.1 Å². The maximum Gasteiger partial charge on any atom is 0.0253 e. The second-order valence-corrected chi connectivity index (χ2v) is 6.96. The summed E-state index contributed by atoms with van der Waals surface area (Å²) in [6, 6.07) is 19.1. The summed E-state index contributed by atoms with van der Waals surface area (Å²) in [6.45, 7) is 8.72. The van der Waals surface area contributed by atoms with Crippen LogP contribution in [0.3, 0.4) is 0 Å². The fraction of sp³-hybridized carbons (Fsp3) is 0.333. The van der Waals surface area contributed by atoms with Gasteiger partial charge in [-0.05, 0) is 38.0 Å². The lowest BCUT2D eigenvalue weighted by Gasteiger charge is -2.36. The van der Waals surface area contributed by atoms with Crippen molar-refractivity contribution in [3.05, 3.63) is 70.2 Å². The summed E-state index contributed by atoms with van der Waals surface area (Å²) in [4.78, 5) is 2.50. The van der Waals surface area contributed by atoms with Crippen LogP contribution in [-0.4, -0.2) is 10.4 Å². The lowest BCUT2D eigenvalue weighted by Crippen LogP contribution is -2.40. The quantitative estimate of drug-likeness (QED) is 0.739. The minimum absolute atomic E-state index is 0.130. The first-order chi connectivity index (χ1) is 9.47. The first kappa shape index (κ1) is 15.3. The summed E-state index contributed by atoms with van der Waals surface area (Å²) in [5.41, 5.74) is 2.82. The zero-order chi connectivity index (χ0) is 14.6. The molecule has 0 radical (unpaired) electrons. The van der Waals surface area contributed by atoms with Crippen LogP contribution in [0.2, 0.25) is 0 Å². The van der Waals surface area contributed by atoms with Crippen molar-refractivity contribution in [3.8, 4) is 0 Å². The molecule has 0 saturated carbocycles. The van der Waals surface area contributed by atoms with Crippen molar-refractivity contribution in [3.63, 3.8) is 0 Å². The van der Waals surface area contributed by atoms with Gasteiger partial charge in [-0.1, -0.05) is 64.5 Å². The standard InChI is InChI=1S/C18H22BrN/c1-18(2,3)20(13-15-9-5-4-6-10-15)14-16-11-7-8-12-17(16)19/h4-12H,13-14H2,1-3H3. The average Bonchev–Trinajstić information content (AvgIpc) is 2.40. The summed E-state index contributed by atoms with van der Waals surface area (Å²) in [7, 11) is 0. The van der Waals surface area contributed by atoms with E-state index in [2.05, 4.69) is 96.2 Å². The summed E-state index contributed by atoms with van der Waals surface area (Å²) < 4.78 is 1.18. The summed E-state index contributed by atoms with van der Waals surface area (Å²) in [6.07, 6.45) is 0. The molecular weight excluding hydrogens is 310 g/mol. The Labute approximate surface area is 130 Å². The molecule has 0 aliphatic carbocycles. The monoisotopic (exact) mass is 331 g/mol. The van der Waals surface area contributed by atoms with Gasteiger partial charge in [-0.15, -0.1) is 0 Å². The fourth-order valence-corrected chi connectivity index (χ4v) is 2.58. The Bertz CT molecular complexity index is 543. The Kier molecular flexibility index (Phi) is 5.00. The topological polar surface area (TPSA) is 3.24 Å². The van der Waals surface area contributed by atoms with Gasteiger partial charge < -0.3 is 0 Å². The molecule has 0 aromatic heterocycles. The van der Waals surface area contributed by atoms with Crippen molar-refractivity contribution in [2.75, 3.05) is 0 Å². The van der Waals surface area contributed by atoms with Gasteiger partial charge in [0.15, 0.2) is 0 Å². The van der Waals surface area contributed by atoms with Crippen molar-refractivity contribution < 1.29 is 0 Å². The van der Waals surface area contributed by atoms with Gasteiger partial charge in [0.2, 0.25) is 0 Å². The van der Waals surface area contributed by atoms with Crippen molar-refractivity contribution >= 4 is 15.9 Å². The Morgan fingerprint density at radius 3 is 2.05 bits per heavy atom. The number of hydrogen-bond acceptors (Lipinski definition) is 1. The number of hydrogen-bond donors (Lipinski definition) is 0. The van der Waals surface area contributed by atoms with E-state index in [1.807, 2.05) is 0 Å². The first-order valence-electron chi connectivity index (χ1n) is 6.99. The van der Waals surface area contributed by atoms with E-state index in [1.165, 1.54) is 15.6 Å². The maximum absolute atomic E-state index is 3.65. The van der Waals surface area contributed by atoms with Gasteiger partial charge >= 0.3 is 0 Å². The summed E-state index contributed by atoms with van der Waals surface area (Å²) in [5.74, 6) is 0. The number of rotatable bonds is 4. The van der Waals surface area contributed by atoms with E-state index in [4.69, 9.17) is 0 Å². The Morgan fingerprint density at radius 2 is 1.45 bits per heavy atom. The Morgan fingerprint density at radius 1 is 0.850 bits per heavy atom. The number of nitrogens with zero attached hydrogens (tertiary/aromatic N) is 1. The second kappa shape index (κ2) is 6.55. The molecule has 0 aliphatic heterocycles. The van der Waals surface area contributed by atoms with E-state index in [0.717, 1.165) is 13.1 Å². The van der Waals surface area contributed by atoms with Crippen LogP contribution in [0.5, 0.6) is 0 Å². The van der Waals surface area contributed by atoms with Crippen LogP contribution in [0.25, 0.3) is 0 Å². The zero-order valence-corrected chi connectivity index (χ0v) is 14.0. The molecular formula is C18H22BrN. The molecule has 0 fully saturated rings. The average molecular weight is 332 g/mol. The van der Waals surface area contributed by atoms with Crippen LogP contribution >= 0.6 is 15.9 Å².